The van der Waals surface area contributed by atoms with Gasteiger partial charge in [-0.05, 0) is 48.9 Å². The molecule has 2 heterocycles. The van der Waals surface area contributed by atoms with Gasteiger partial charge in [-0.3, -0.25) is 25.1 Å². The summed E-state index contributed by atoms with van der Waals surface area (Å²) in [6.45, 7) is 0. The van der Waals surface area contributed by atoms with Crippen molar-refractivity contribution in [2.75, 3.05) is 0 Å². The van der Waals surface area contributed by atoms with E-state index in [0.29, 0.717) is 4.88 Å². The van der Waals surface area contributed by atoms with Crippen LogP contribution >= 0.6 is 11.3 Å². The first-order valence-corrected chi connectivity index (χ1v) is 10.8. The average molecular weight is 409 g/mol. The molecule has 4 rings (SSSR count). The minimum Gasteiger partial charge on any atom is -0.270 e. The summed E-state index contributed by atoms with van der Waals surface area (Å²) in [5.74, 6) is -0.620. The third-order valence-corrected chi connectivity index (χ3v) is 6.41. The van der Waals surface area contributed by atoms with Crippen LogP contribution in [-0.4, -0.2) is 21.6 Å². The molecule has 0 saturated heterocycles. The number of carbonyl (C=O) groups excluding carboxylic acids is 2. The summed E-state index contributed by atoms with van der Waals surface area (Å²) in [5.41, 5.74) is 7.24. The summed E-state index contributed by atoms with van der Waals surface area (Å²) < 4.78 is 1.58. The topological polar surface area (TPSA) is 76.0 Å². The lowest BCUT2D eigenvalue weighted by Gasteiger charge is -2.18. The summed E-state index contributed by atoms with van der Waals surface area (Å²) in [4.78, 5) is 27.5. The number of benzene rings is 1. The van der Waals surface area contributed by atoms with E-state index >= 15 is 0 Å². The lowest BCUT2D eigenvalue weighted by atomic mass is 10.00. The number of aryl methyl sites for hydroxylation is 2. The van der Waals surface area contributed by atoms with Crippen LogP contribution in [0.4, 0.5) is 0 Å². The maximum atomic E-state index is 12.9. The van der Waals surface area contributed by atoms with Crippen LogP contribution < -0.4 is 10.9 Å². The number of thiophene rings is 1. The van der Waals surface area contributed by atoms with Gasteiger partial charge in [0.25, 0.3) is 11.8 Å². The monoisotopic (exact) mass is 408 g/mol. The van der Waals surface area contributed by atoms with Gasteiger partial charge >= 0.3 is 0 Å². The third kappa shape index (κ3) is 4.56. The van der Waals surface area contributed by atoms with Gasteiger partial charge in [0.15, 0.2) is 6.04 Å². The zero-order valence-electron chi connectivity index (χ0n) is 16.1. The molecule has 2 aromatic heterocycles. The molecule has 0 saturated carbocycles. The lowest BCUT2D eigenvalue weighted by molar-refractivity contribution is -0.124. The van der Waals surface area contributed by atoms with Gasteiger partial charge < -0.3 is 0 Å². The van der Waals surface area contributed by atoms with E-state index in [1.807, 2.05) is 36.4 Å². The molecule has 1 atom stereocenters. The molecule has 0 radical (unpaired) electrons. The summed E-state index contributed by atoms with van der Waals surface area (Å²) in [7, 11) is 0. The van der Waals surface area contributed by atoms with Crippen LogP contribution in [-0.2, 0) is 17.6 Å². The molecule has 0 bridgehead atoms. The van der Waals surface area contributed by atoms with Gasteiger partial charge in [0.05, 0.1) is 4.88 Å². The molecule has 0 aliphatic heterocycles. The minimum atomic E-state index is -0.657. The van der Waals surface area contributed by atoms with Crippen molar-refractivity contribution in [3.63, 3.8) is 0 Å². The number of aromatic nitrogens is 2. The molecule has 1 unspecified atom stereocenters. The Bertz CT molecular complexity index is 941. The second-order valence-electron chi connectivity index (χ2n) is 7.22. The quantitative estimate of drug-likeness (QED) is 0.647. The molecule has 2 amide bonds. The fourth-order valence-electron chi connectivity index (χ4n) is 3.70. The van der Waals surface area contributed by atoms with E-state index in [-0.39, 0.29) is 11.8 Å². The molecule has 1 aliphatic carbocycles. The van der Waals surface area contributed by atoms with Crippen molar-refractivity contribution in [2.45, 2.75) is 44.6 Å². The molecule has 3 aromatic rings. The van der Waals surface area contributed by atoms with Crippen LogP contribution in [0, 0.1) is 0 Å². The van der Waals surface area contributed by atoms with Gasteiger partial charge in [0.1, 0.15) is 0 Å². The van der Waals surface area contributed by atoms with Crippen molar-refractivity contribution in [3.8, 4) is 0 Å². The summed E-state index contributed by atoms with van der Waals surface area (Å²) in [6, 6.07) is 12.5. The Hall–Kier alpha value is -2.93. The molecule has 2 N–H and O–H groups in total. The van der Waals surface area contributed by atoms with E-state index < -0.39 is 6.04 Å². The fourth-order valence-corrected chi connectivity index (χ4v) is 4.85. The first kappa shape index (κ1) is 19.4. The van der Waals surface area contributed by atoms with Crippen molar-refractivity contribution in [2.24, 2.45) is 0 Å². The number of hydrazine groups is 1. The molecule has 0 spiro atoms. The summed E-state index contributed by atoms with van der Waals surface area (Å²) in [6.07, 6.45) is 10.3. The number of fused-ring (bicyclic) bond motifs is 1. The van der Waals surface area contributed by atoms with Gasteiger partial charge in [0.2, 0.25) is 0 Å². The van der Waals surface area contributed by atoms with Crippen molar-refractivity contribution in [1.82, 2.24) is 20.6 Å². The SMILES string of the molecule is O=C(NNC(=O)C(c1ccccc1)n1cccn1)c1cc2c(s1)CCCCCC2. The zero-order valence-corrected chi connectivity index (χ0v) is 17.0. The van der Waals surface area contributed by atoms with Crippen LogP contribution in [0.25, 0.3) is 0 Å². The molecule has 1 aliphatic rings. The maximum Gasteiger partial charge on any atom is 0.279 e. The Morgan fingerprint density at radius 1 is 1.00 bits per heavy atom. The van der Waals surface area contributed by atoms with Gasteiger partial charge in [-0.2, -0.15) is 5.10 Å². The van der Waals surface area contributed by atoms with Gasteiger partial charge in [-0.15, -0.1) is 11.3 Å². The van der Waals surface area contributed by atoms with Crippen molar-refractivity contribution >= 4 is 23.2 Å². The maximum absolute atomic E-state index is 12.9. The lowest BCUT2D eigenvalue weighted by Crippen LogP contribution is -2.45. The molecule has 29 heavy (non-hydrogen) atoms. The van der Waals surface area contributed by atoms with Crippen LogP contribution in [0.2, 0.25) is 0 Å². The van der Waals surface area contributed by atoms with E-state index in [9.17, 15) is 9.59 Å². The third-order valence-electron chi connectivity index (χ3n) is 5.17. The number of carbonyl (C=O) groups is 2. The zero-order chi connectivity index (χ0) is 20.1. The van der Waals surface area contributed by atoms with E-state index in [1.165, 1.54) is 47.5 Å². The normalized spacial score (nSPS) is 14.9. The smallest absolute Gasteiger partial charge is 0.270 e. The Balaban J connectivity index is 1.45. The number of hydrogen-bond acceptors (Lipinski definition) is 4. The van der Waals surface area contributed by atoms with Crippen LogP contribution in [0.3, 0.4) is 0 Å². The Kier molecular flexibility index (Phi) is 6.05. The number of nitrogens with one attached hydrogen (secondary N) is 2. The Morgan fingerprint density at radius 3 is 2.55 bits per heavy atom. The molecule has 1 aromatic carbocycles. The average Bonchev–Trinajstić information content (AvgIpc) is 3.38. The highest BCUT2D eigenvalue weighted by molar-refractivity contribution is 7.14. The highest BCUT2D eigenvalue weighted by Crippen LogP contribution is 2.28. The van der Waals surface area contributed by atoms with Crippen molar-refractivity contribution < 1.29 is 9.59 Å². The second-order valence-corrected chi connectivity index (χ2v) is 8.35. The molecule has 7 heteroatoms. The molecule has 6 nitrogen and oxygen atoms in total. The highest BCUT2D eigenvalue weighted by atomic mass is 32.1. The fraction of sp³-hybridized carbons (Fsp3) is 0.318. The second kappa shape index (κ2) is 9.05. The number of nitrogens with zero attached hydrogens (tertiary/aromatic N) is 2. The Morgan fingerprint density at radius 2 is 1.79 bits per heavy atom. The minimum absolute atomic E-state index is 0.276. The van der Waals surface area contributed by atoms with Gasteiger partial charge in [-0.25, -0.2) is 0 Å². The van der Waals surface area contributed by atoms with Crippen LogP contribution in [0.15, 0.2) is 54.9 Å². The van der Waals surface area contributed by atoms with E-state index in [2.05, 4.69) is 16.0 Å². The molecular weight excluding hydrogens is 384 g/mol. The van der Waals surface area contributed by atoms with E-state index in [1.54, 1.807) is 23.1 Å². The Labute approximate surface area is 173 Å². The van der Waals surface area contributed by atoms with Crippen LogP contribution in [0.5, 0.6) is 0 Å². The summed E-state index contributed by atoms with van der Waals surface area (Å²) >= 11 is 1.54. The van der Waals surface area contributed by atoms with Crippen LogP contribution in [0.1, 0.15) is 57.4 Å². The van der Waals surface area contributed by atoms with Crippen molar-refractivity contribution in [3.05, 3.63) is 75.7 Å². The molecular formula is C22H24N4O2S. The first-order chi connectivity index (χ1) is 14.2. The summed E-state index contributed by atoms with van der Waals surface area (Å²) in [5, 5.41) is 4.21. The number of amides is 2. The van der Waals surface area contributed by atoms with E-state index in [0.717, 1.165) is 18.4 Å². The highest BCUT2D eigenvalue weighted by Gasteiger charge is 2.24. The first-order valence-electron chi connectivity index (χ1n) is 9.98. The van der Waals surface area contributed by atoms with E-state index in [4.69, 9.17) is 0 Å². The predicted molar refractivity (Wildman–Crippen MR) is 113 cm³/mol. The molecule has 0 fully saturated rings. The van der Waals surface area contributed by atoms with Gasteiger partial charge in [-0.1, -0.05) is 43.2 Å². The van der Waals surface area contributed by atoms with Gasteiger partial charge in [0, 0.05) is 17.3 Å². The largest absolute Gasteiger partial charge is 0.279 e. The molecule has 150 valence electrons. The standard InChI is InChI=1S/C22H24N4O2S/c27-21(19-15-17-11-4-1-2-7-12-18(17)29-19)24-25-22(28)20(26-14-8-13-23-26)16-9-5-3-6-10-16/h3,5-6,8-10,13-15,20H,1-2,4,7,11-12H2,(H,24,27)(H,25,28). The number of hydrogen-bond donors (Lipinski definition) is 2. The predicted octanol–water partition coefficient (Wildman–Crippen LogP) is 3.65. The number of rotatable bonds is 4. The van der Waals surface area contributed by atoms with Crippen molar-refractivity contribution in [1.29, 1.82) is 0 Å².